The molecule has 1 aliphatic heterocycles. The summed E-state index contributed by atoms with van der Waals surface area (Å²) in [6, 6.07) is 5.39. The summed E-state index contributed by atoms with van der Waals surface area (Å²) >= 11 is 6.21. The molecule has 106 valence electrons. The lowest BCUT2D eigenvalue weighted by Crippen LogP contribution is -2.31. The molecule has 0 spiro atoms. The molecule has 2 rings (SSSR count). The van der Waals surface area contributed by atoms with E-state index in [4.69, 9.17) is 11.6 Å². The number of nitrogens with one attached hydrogen (secondary N) is 2. The number of piperidine rings is 1. The highest BCUT2D eigenvalue weighted by molar-refractivity contribution is 6.33. The van der Waals surface area contributed by atoms with E-state index < -0.39 is 5.67 Å². The molecule has 1 aromatic carbocycles. The monoisotopic (exact) mass is 284 g/mol. The number of alkyl halides is 1. The number of hydrogen-bond donors (Lipinski definition) is 2. The standard InChI is InChI=1S/C15H22ClFN2/c1-15(2,17)12-3-4-14(13(16)9-12)19-10-11-5-7-18-8-6-11/h3-4,9,11,18-19H,5-8,10H2,1-2H3. The summed E-state index contributed by atoms with van der Waals surface area (Å²) < 4.78 is 13.8. The van der Waals surface area contributed by atoms with Crippen molar-refractivity contribution in [2.24, 2.45) is 5.92 Å². The Balaban J connectivity index is 1.97. The third-order valence-corrected chi connectivity index (χ3v) is 4.01. The molecule has 0 amide bonds. The molecule has 1 aromatic rings. The largest absolute Gasteiger partial charge is 0.384 e. The van der Waals surface area contributed by atoms with Crippen molar-refractivity contribution in [2.45, 2.75) is 32.4 Å². The summed E-state index contributed by atoms with van der Waals surface area (Å²) in [5.41, 5.74) is 0.162. The van der Waals surface area contributed by atoms with Crippen LogP contribution in [-0.2, 0) is 5.67 Å². The van der Waals surface area contributed by atoms with Crippen molar-refractivity contribution in [2.75, 3.05) is 25.0 Å². The number of halogens is 2. The topological polar surface area (TPSA) is 24.1 Å². The fourth-order valence-electron chi connectivity index (χ4n) is 2.37. The average Bonchev–Trinajstić information content (AvgIpc) is 2.37. The summed E-state index contributed by atoms with van der Waals surface area (Å²) in [5.74, 6) is 0.689. The fraction of sp³-hybridized carbons (Fsp3) is 0.600. The Bertz CT molecular complexity index is 423. The Labute approximate surface area is 119 Å². The number of rotatable bonds is 4. The van der Waals surface area contributed by atoms with Crippen LogP contribution in [0.25, 0.3) is 0 Å². The maximum Gasteiger partial charge on any atom is 0.130 e. The van der Waals surface area contributed by atoms with Gasteiger partial charge in [-0.1, -0.05) is 17.7 Å². The van der Waals surface area contributed by atoms with Gasteiger partial charge in [0.05, 0.1) is 10.7 Å². The van der Waals surface area contributed by atoms with Gasteiger partial charge in [0.1, 0.15) is 5.67 Å². The second-order valence-corrected chi connectivity index (χ2v) is 6.15. The molecule has 4 heteroatoms. The Morgan fingerprint density at radius 3 is 2.63 bits per heavy atom. The maximum absolute atomic E-state index is 13.8. The normalized spacial score (nSPS) is 17.5. The zero-order chi connectivity index (χ0) is 13.9. The van der Waals surface area contributed by atoms with Crippen molar-refractivity contribution in [3.63, 3.8) is 0 Å². The highest BCUT2D eigenvalue weighted by Crippen LogP contribution is 2.31. The van der Waals surface area contributed by atoms with Crippen LogP contribution in [-0.4, -0.2) is 19.6 Å². The predicted molar refractivity (Wildman–Crippen MR) is 79.7 cm³/mol. The summed E-state index contributed by atoms with van der Waals surface area (Å²) in [7, 11) is 0. The van der Waals surface area contributed by atoms with Gasteiger partial charge in [-0.2, -0.15) is 0 Å². The van der Waals surface area contributed by atoms with E-state index in [0.717, 1.165) is 25.3 Å². The van der Waals surface area contributed by atoms with E-state index >= 15 is 0 Å². The van der Waals surface area contributed by atoms with Crippen molar-refractivity contribution >= 4 is 17.3 Å². The van der Waals surface area contributed by atoms with E-state index in [-0.39, 0.29) is 0 Å². The van der Waals surface area contributed by atoms with E-state index in [1.807, 2.05) is 6.07 Å². The third kappa shape index (κ3) is 4.08. The first kappa shape index (κ1) is 14.6. The van der Waals surface area contributed by atoms with E-state index in [1.165, 1.54) is 12.8 Å². The summed E-state index contributed by atoms with van der Waals surface area (Å²) in [6.45, 7) is 6.20. The first-order valence-electron chi connectivity index (χ1n) is 6.90. The lowest BCUT2D eigenvalue weighted by molar-refractivity contribution is 0.221. The Morgan fingerprint density at radius 1 is 1.37 bits per heavy atom. The van der Waals surface area contributed by atoms with Crippen molar-refractivity contribution in [1.82, 2.24) is 5.32 Å². The molecule has 19 heavy (non-hydrogen) atoms. The molecule has 1 saturated heterocycles. The first-order valence-corrected chi connectivity index (χ1v) is 7.28. The van der Waals surface area contributed by atoms with Gasteiger partial charge in [-0.25, -0.2) is 4.39 Å². The van der Waals surface area contributed by atoms with Gasteiger partial charge in [-0.3, -0.25) is 0 Å². The molecule has 0 aromatic heterocycles. The SMILES string of the molecule is CC(C)(F)c1ccc(NCC2CCNCC2)c(Cl)c1. The van der Waals surface area contributed by atoms with Gasteiger partial charge in [0.15, 0.2) is 0 Å². The first-order chi connectivity index (χ1) is 8.97. The average molecular weight is 285 g/mol. The lowest BCUT2D eigenvalue weighted by Gasteiger charge is -2.24. The van der Waals surface area contributed by atoms with E-state index in [1.54, 1.807) is 26.0 Å². The Kier molecular flexibility index (Phi) is 4.69. The molecule has 0 aliphatic carbocycles. The highest BCUT2D eigenvalue weighted by Gasteiger charge is 2.20. The number of benzene rings is 1. The van der Waals surface area contributed by atoms with Crippen molar-refractivity contribution in [3.05, 3.63) is 28.8 Å². The smallest absolute Gasteiger partial charge is 0.130 e. The minimum atomic E-state index is -1.35. The van der Waals surface area contributed by atoms with Crippen LogP contribution in [0, 0.1) is 5.92 Å². The van der Waals surface area contributed by atoms with Crippen LogP contribution < -0.4 is 10.6 Å². The summed E-state index contributed by atoms with van der Waals surface area (Å²) in [6.07, 6.45) is 2.39. The van der Waals surface area contributed by atoms with Crippen LogP contribution in [0.5, 0.6) is 0 Å². The fourth-order valence-corrected chi connectivity index (χ4v) is 2.62. The second-order valence-electron chi connectivity index (χ2n) is 5.74. The molecule has 1 heterocycles. The van der Waals surface area contributed by atoms with E-state index in [9.17, 15) is 4.39 Å². The Hall–Kier alpha value is -0.800. The van der Waals surface area contributed by atoms with Crippen molar-refractivity contribution in [1.29, 1.82) is 0 Å². The van der Waals surface area contributed by atoms with Gasteiger partial charge in [0.25, 0.3) is 0 Å². The molecule has 1 fully saturated rings. The summed E-state index contributed by atoms with van der Waals surface area (Å²) in [5, 5.41) is 7.33. The molecule has 2 N–H and O–H groups in total. The van der Waals surface area contributed by atoms with Crippen molar-refractivity contribution < 1.29 is 4.39 Å². The molecule has 1 aliphatic rings. The van der Waals surface area contributed by atoms with Gasteiger partial charge in [0.2, 0.25) is 0 Å². The van der Waals surface area contributed by atoms with E-state index in [0.29, 0.717) is 16.5 Å². The Morgan fingerprint density at radius 2 is 2.05 bits per heavy atom. The molecule has 2 nitrogen and oxygen atoms in total. The molecule has 0 atom stereocenters. The molecular weight excluding hydrogens is 263 g/mol. The van der Waals surface area contributed by atoms with Gasteiger partial charge < -0.3 is 10.6 Å². The molecule has 0 radical (unpaired) electrons. The molecule has 0 unspecified atom stereocenters. The maximum atomic E-state index is 13.8. The zero-order valence-electron chi connectivity index (χ0n) is 11.6. The van der Waals surface area contributed by atoms with Crippen LogP contribution in [0.2, 0.25) is 5.02 Å². The van der Waals surface area contributed by atoms with Gasteiger partial charge >= 0.3 is 0 Å². The van der Waals surface area contributed by atoms with Gasteiger partial charge in [-0.05, 0) is 63.4 Å². The second kappa shape index (κ2) is 6.10. The van der Waals surface area contributed by atoms with Gasteiger partial charge in [0, 0.05) is 6.54 Å². The van der Waals surface area contributed by atoms with Crippen LogP contribution in [0.3, 0.4) is 0 Å². The molecule has 0 bridgehead atoms. The molecule has 0 saturated carbocycles. The quantitative estimate of drug-likeness (QED) is 0.875. The zero-order valence-corrected chi connectivity index (χ0v) is 12.4. The van der Waals surface area contributed by atoms with Crippen LogP contribution in [0.4, 0.5) is 10.1 Å². The van der Waals surface area contributed by atoms with Crippen LogP contribution in [0.1, 0.15) is 32.3 Å². The highest BCUT2D eigenvalue weighted by atomic mass is 35.5. The van der Waals surface area contributed by atoms with Crippen molar-refractivity contribution in [3.8, 4) is 0 Å². The minimum Gasteiger partial charge on any atom is -0.384 e. The lowest BCUT2D eigenvalue weighted by atomic mass is 9.97. The van der Waals surface area contributed by atoms with Crippen LogP contribution in [0.15, 0.2) is 18.2 Å². The van der Waals surface area contributed by atoms with Gasteiger partial charge in [-0.15, -0.1) is 0 Å². The summed E-state index contributed by atoms with van der Waals surface area (Å²) in [4.78, 5) is 0. The van der Waals surface area contributed by atoms with E-state index in [2.05, 4.69) is 10.6 Å². The van der Waals surface area contributed by atoms with Crippen LogP contribution >= 0.6 is 11.6 Å². The minimum absolute atomic E-state index is 0.595. The third-order valence-electron chi connectivity index (χ3n) is 3.70. The predicted octanol–water partition coefficient (Wildman–Crippen LogP) is 3.96. The molecular formula is C15H22ClFN2. The number of hydrogen-bond acceptors (Lipinski definition) is 2. The number of anilines is 1.